The fourth-order valence-corrected chi connectivity index (χ4v) is 6.45. The molecule has 0 aliphatic heterocycles. The maximum absolute atomic E-state index is 14.0. The molecule has 3 amide bonds. The van der Waals surface area contributed by atoms with Crippen LogP contribution in [0.15, 0.2) is 18.2 Å². The maximum Gasteiger partial charge on any atom is 0.231 e. The standard InChI is InChI=1S/C29H43N3O3/c1-28(2,3)29(18-9-4-10-19-29)27(35)32-24-22(30-25(33)20-12-5-6-13-20)16-11-17-23(24)31-26(34)21-14-7-8-15-21/h11,16-17,20-21H,4-10,12-15,18-19H2,1-3H3,(H,30,33)(H,31,34)(H,32,35). The maximum atomic E-state index is 14.0. The van der Waals surface area contributed by atoms with Crippen LogP contribution < -0.4 is 16.0 Å². The Hall–Kier alpha value is -2.37. The molecule has 1 aromatic rings. The lowest BCUT2D eigenvalue weighted by molar-refractivity contribution is -0.135. The minimum Gasteiger partial charge on any atom is -0.324 e. The van der Waals surface area contributed by atoms with Crippen molar-refractivity contribution in [1.82, 2.24) is 0 Å². The summed E-state index contributed by atoms with van der Waals surface area (Å²) < 4.78 is 0. The number of hydrogen-bond donors (Lipinski definition) is 3. The van der Waals surface area contributed by atoms with E-state index in [4.69, 9.17) is 0 Å². The normalized spacial score (nSPS) is 21.0. The van der Waals surface area contributed by atoms with Gasteiger partial charge in [-0.15, -0.1) is 0 Å². The summed E-state index contributed by atoms with van der Waals surface area (Å²) >= 11 is 0. The van der Waals surface area contributed by atoms with Gasteiger partial charge in [0.25, 0.3) is 0 Å². The molecule has 0 heterocycles. The highest BCUT2D eigenvalue weighted by Gasteiger charge is 2.48. The van der Waals surface area contributed by atoms with E-state index < -0.39 is 5.41 Å². The summed E-state index contributed by atoms with van der Waals surface area (Å²) in [6, 6.07) is 5.50. The van der Waals surface area contributed by atoms with E-state index in [0.29, 0.717) is 17.1 Å². The molecule has 6 nitrogen and oxygen atoms in total. The van der Waals surface area contributed by atoms with E-state index in [2.05, 4.69) is 36.7 Å². The van der Waals surface area contributed by atoms with Crippen LogP contribution in [0.25, 0.3) is 0 Å². The molecule has 0 atom stereocenters. The molecule has 0 aromatic heterocycles. The smallest absolute Gasteiger partial charge is 0.231 e. The zero-order valence-corrected chi connectivity index (χ0v) is 21.8. The fourth-order valence-electron chi connectivity index (χ4n) is 6.45. The summed E-state index contributed by atoms with van der Waals surface area (Å²) in [6.07, 6.45) is 12.8. The van der Waals surface area contributed by atoms with Crippen LogP contribution in [0.3, 0.4) is 0 Å². The van der Waals surface area contributed by atoms with Gasteiger partial charge >= 0.3 is 0 Å². The van der Waals surface area contributed by atoms with Gasteiger partial charge < -0.3 is 16.0 Å². The third-order valence-corrected chi connectivity index (χ3v) is 8.85. The second-order valence-electron chi connectivity index (χ2n) is 12.0. The number of para-hydroxylation sites is 1. The monoisotopic (exact) mass is 481 g/mol. The number of carbonyl (C=O) groups is 3. The summed E-state index contributed by atoms with van der Waals surface area (Å²) in [5.41, 5.74) is 0.968. The number of hydrogen-bond acceptors (Lipinski definition) is 3. The van der Waals surface area contributed by atoms with E-state index in [9.17, 15) is 14.4 Å². The molecule has 3 N–H and O–H groups in total. The first-order chi connectivity index (χ1) is 16.7. The molecule has 6 heteroatoms. The number of benzene rings is 1. The summed E-state index contributed by atoms with van der Waals surface area (Å²) in [6.45, 7) is 6.44. The van der Waals surface area contributed by atoms with Crippen molar-refractivity contribution in [3.05, 3.63) is 18.2 Å². The van der Waals surface area contributed by atoms with Crippen molar-refractivity contribution in [2.45, 2.75) is 104 Å². The first-order valence-electron chi connectivity index (χ1n) is 13.8. The summed E-state index contributed by atoms with van der Waals surface area (Å²) in [7, 11) is 0. The Balaban J connectivity index is 1.65. The average molecular weight is 482 g/mol. The summed E-state index contributed by atoms with van der Waals surface area (Å²) in [5, 5.41) is 9.40. The molecule has 3 saturated carbocycles. The number of carbonyl (C=O) groups excluding carboxylic acids is 3. The quantitative estimate of drug-likeness (QED) is 0.414. The SMILES string of the molecule is CC(C)(C)C1(C(=O)Nc2c(NC(=O)C3CCCC3)cccc2NC(=O)C2CCCC2)CCCCC1. The van der Waals surface area contributed by atoms with E-state index in [1.807, 2.05) is 18.2 Å². The van der Waals surface area contributed by atoms with E-state index in [1.54, 1.807) is 0 Å². The van der Waals surface area contributed by atoms with Crippen LogP contribution in [0.2, 0.25) is 0 Å². The summed E-state index contributed by atoms with van der Waals surface area (Å²) in [5.74, 6) is 0.00803. The van der Waals surface area contributed by atoms with Gasteiger partial charge in [0.15, 0.2) is 0 Å². The highest BCUT2D eigenvalue weighted by atomic mass is 16.2. The summed E-state index contributed by atoms with van der Waals surface area (Å²) in [4.78, 5) is 40.0. The van der Waals surface area contributed by atoms with Crippen LogP contribution in [0, 0.1) is 22.7 Å². The number of amides is 3. The Labute approximate surface area is 210 Å². The van der Waals surface area contributed by atoms with E-state index in [0.717, 1.165) is 83.5 Å². The third-order valence-electron chi connectivity index (χ3n) is 8.85. The van der Waals surface area contributed by atoms with Gasteiger partial charge in [0.05, 0.1) is 22.5 Å². The van der Waals surface area contributed by atoms with Gasteiger partial charge in [-0.1, -0.05) is 71.8 Å². The minimum absolute atomic E-state index is 0.000435. The lowest BCUT2D eigenvalue weighted by atomic mass is 9.59. The lowest BCUT2D eigenvalue weighted by Crippen LogP contribution is -2.47. The van der Waals surface area contributed by atoms with Crippen LogP contribution in [0.4, 0.5) is 17.1 Å². The van der Waals surface area contributed by atoms with Crippen LogP contribution in [0.1, 0.15) is 104 Å². The molecule has 0 unspecified atom stereocenters. The Morgan fingerprint density at radius 2 is 1.17 bits per heavy atom. The van der Waals surface area contributed by atoms with Gasteiger partial charge in [0.1, 0.15) is 0 Å². The third kappa shape index (κ3) is 5.57. The van der Waals surface area contributed by atoms with Gasteiger partial charge in [-0.2, -0.15) is 0 Å². The molecule has 1 aromatic carbocycles. The van der Waals surface area contributed by atoms with Crippen molar-refractivity contribution in [2.24, 2.45) is 22.7 Å². The largest absolute Gasteiger partial charge is 0.324 e. The van der Waals surface area contributed by atoms with Crippen molar-refractivity contribution in [3.8, 4) is 0 Å². The van der Waals surface area contributed by atoms with Gasteiger partial charge in [-0.3, -0.25) is 14.4 Å². The molecular weight excluding hydrogens is 438 g/mol. The number of anilines is 3. The molecule has 3 aliphatic rings. The van der Waals surface area contributed by atoms with Crippen molar-refractivity contribution >= 4 is 34.8 Å². The minimum atomic E-state index is -0.486. The van der Waals surface area contributed by atoms with Gasteiger partial charge in [-0.05, 0) is 56.1 Å². The Morgan fingerprint density at radius 1 is 0.714 bits per heavy atom. The Morgan fingerprint density at radius 3 is 1.60 bits per heavy atom. The molecule has 3 aliphatic carbocycles. The lowest BCUT2D eigenvalue weighted by Gasteiger charge is -2.46. The number of nitrogens with one attached hydrogen (secondary N) is 3. The highest BCUT2D eigenvalue weighted by Crippen LogP contribution is 2.51. The van der Waals surface area contributed by atoms with Crippen molar-refractivity contribution in [3.63, 3.8) is 0 Å². The van der Waals surface area contributed by atoms with Gasteiger partial charge in [0, 0.05) is 11.8 Å². The molecule has 0 spiro atoms. The van der Waals surface area contributed by atoms with Gasteiger partial charge in [0.2, 0.25) is 17.7 Å². The van der Waals surface area contributed by atoms with Crippen molar-refractivity contribution in [1.29, 1.82) is 0 Å². The average Bonchev–Trinajstić information content (AvgIpc) is 3.55. The zero-order chi connectivity index (χ0) is 25.1. The topological polar surface area (TPSA) is 87.3 Å². The fraction of sp³-hybridized carbons (Fsp3) is 0.690. The van der Waals surface area contributed by atoms with Crippen molar-refractivity contribution < 1.29 is 14.4 Å². The molecule has 0 saturated heterocycles. The van der Waals surface area contributed by atoms with Crippen LogP contribution in [-0.2, 0) is 14.4 Å². The second-order valence-corrected chi connectivity index (χ2v) is 12.0. The van der Waals surface area contributed by atoms with E-state index in [-0.39, 0.29) is 35.0 Å². The molecule has 192 valence electrons. The first-order valence-corrected chi connectivity index (χ1v) is 13.8. The molecule has 4 rings (SSSR count). The van der Waals surface area contributed by atoms with Crippen LogP contribution in [-0.4, -0.2) is 17.7 Å². The first kappa shape index (κ1) is 25.7. The zero-order valence-electron chi connectivity index (χ0n) is 21.8. The highest BCUT2D eigenvalue weighted by molar-refractivity contribution is 6.08. The van der Waals surface area contributed by atoms with Crippen LogP contribution >= 0.6 is 0 Å². The van der Waals surface area contributed by atoms with Crippen LogP contribution in [0.5, 0.6) is 0 Å². The molecular formula is C29H43N3O3. The van der Waals surface area contributed by atoms with Crippen molar-refractivity contribution in [2.75, 3.05) is 16.0 Å². The predicted molar refractivity (Wildman–Crippen MR) is 141 cm³/mol. The molecule has 0 bridgehead atoms. The second kappa shape index (κ2) is 10.7. The van der Waals surface area contributed by atoms with E-state index in [1.165, 1.54) is 0 Å². The Kier molecular flexibility index (Phi) is 7.87. The predicted octanol–water partition coefficient (Wildman–Crippen LogP) is 6.88. The van der Waals surface area contributed by atoms with E-state index >= 15 is 0 Å². The molecule has 3 fully saturated rings. The Bertz CT molecular complexity index is 883. The number of rotatable bonds is 6. The molecule has 35 heavy (non-hydrogen) atoms. The molecule has 0 radical (unpaired) electrons. The van der Waals surface area contributed by atoms with Gasteiger partial charge in [-0.25, -0.2) is 0 Å².